The highest BCUT2D eigenvalue weighted by atomic mass is 16.5. The van der Waals surface area contributed by atoms with Gasteiger partial charge in [-0.25, -0.2) is 14.6 Å². The number of H-pyrrole nitrogens is 1. The second kappa shape index (κ2) is 8.75. The average molecular weight is 431 g/mol. The molecule has 0 bridgehead atoms. The molecule has 3 aromatic carbocycles. The van der Waals surface area contributed by atoms with Gasteiger partial charge in [0, 0.05) is 0 Å². The van der Waals surface area contributed by atoms with Gasteiger partial charge in [0.2, 0.25) is 0 Å². The maximum atomic E-state index is 11.7. The molecule has 0 spiro atoms. The van der Waals surface area contributed by atoms with Crippen molar-refractivity contribution in [1.29, 1.82) is 0 Å². The second-order valence-electron chi connectivity index (χ2n) is 8.81. The summed E-state index contributed by atoms with van der Waals surface area (Å²) in [6, 6.07) is 24.2. The van der Waals surface area contributed by atoms with Crippen molar-refractivity contribution in [2.24, 2.45) is 0 Å². The fourth-order valence-electron chi connectivity index (χ4n) is 3.44. The van der Waals surface area contributed by atoms with E-state index in [0.29, 0.717) is 6.61 Å². The van der Waals surface area contributed by atoms with Crippen LogP contribution in [-0.4, -0.2) is 9.72 Å². The number of aromatic amines is 1. The van der Waals surface area contributed by atoms with Crippen LogP contribution in [0.1, 0.15) is 37.5 Å². The van der Waals surface area contributed by atoms with Gasteiger partial charge in [0.1, 0.15) is 12.4 Å². The van der Waals surface area contributed by atoms with Crippen molar-refractivity contribution in [3.8, 4) is 16.9 Å². The third kappa shape index (κ3) is 5.09. The number of rotatable bonds is 6. The van der Waals surface area contributed by atoms with Crippen molar-refractivity contribution in [2.75, 3.05) is 0 Å². The molecule has 0 aliphatic heterocycles. The van der Waals surface area contributed by atoms with Crippen LogP contribution in [0, 0.1) is 0 Å². The van der Waals surface area contributed by atoms with Crippen LogP contribution in [0.3, 0.4) is 0 Å². The van der Waals surface area contributed by atoms with Gasteiger partial charge in [-0.2, -0.15) is 0 Å². The standard InChI is InChI=1S/C26H26N2O4/c1-26(2,3)22-11-7-18(8-12-22)17-31-23-13-9-20(10-14-23)21-6-4-5-19(15-21)16-28-24(29)27-25(30)32-28/h4-15H,16-17H2,1-3H3,(H,27,29,30). The Balaban J connectivity index is 1.42. The highest BCUT2D eigenvalue weighted by Gasteiger charge is 2.13. The molecule has 4 aromatic rings. The minimum atomic E-state index is -0.758. The maximum absolute atomic E-state index is 11.7. The van der Waals surface area contributed by atoms with Crippen LogP contribution in [-0.2, 0) is 18.6 Å². The quantitative estimate of drug-likeness (QED) is 0.480. The van der Waals surface area contributed by atoms with Crippen LogP contribution in [0.4, 0.5) is 0 Å². The van der Waals surface area contributed by atoms with Crippen molar-refractivity contribution in [3.05, 3.63) is 111 Å². The molecule has 1 heterocycles. The lowest BCUT2D eigenvalue weighted by molar-refractivity contribution is 0.258. The number of nitrogens with zero attached hydrogens (tertiary/aromatic N) is 1. The Morgan fingerprint density at radius 3 is 2.22 bits per heavy atom. The number of hydrogen-bond donors (Lipinski definition) is 1. The molecule has 6 nitrogen and oxygen atoms in total. The first-order chi connectivity index (χ1) is 15.3. The Morgan fingerprint density at radius 2 is 1.59 bits per heavy atom. The third-order valence-electron chi connectivity index (χ3n) is 5.29. The predicted octanol–water partition coefficient (Wildman–Crippen LogP) is 4.72. The minimum Gasteiger partial charge on any atom is -0.489 e. The van der Waals surface area contributed by atoms with Gasteiger partial charge in [-0.3, -0.25) is 0 Å². The van der Waals surface area contributed by atoms with Crippen LogP contribution in [0.5, 0.6) is 5.75 Å². The Kier molecular flexibility index (Phi) is 5.86. The van der Waals surface area contributed by atoms with E-state index in [1.807, 2.05) is 48.5 Å². The highest BCUT2D eigenvalue weighted by molar-refractivity contribution is 5.64. The van der Waals surface area contributed by atoms with Crippen LogP contribution >= 0.6 is 0 Å². The van der Waals surface area contributed by atoms with Crippen molar-refractivity contribution in [2.45, 2.75) is 39.3 Å². The second-order valence-corrected chi connectivity index (χ2v) is 8.81. The van der Waals surface area contributed by atoms with Crippen LogP contribution < -0.4 is 16.2 Å². The molecule has 164 valence electrons. The first kappa shape index (κ1) is 21.4. The van der Waals surface area contributed by atoms with Crippen LogP contribution in [0.2, 0.25) is 0 Å². The number of nitrogens with one attached hydrogen (secondary N) is 1. The van der Waals surface area contributed by atoms with E-state index in [-0.39, 0.29) is 12.0 Å². The molecule has 1 N–H and O–H groups in total. The monoisotopic (exact) mass is 430 g/mol. The van der Waals surface area contributed by atoms with E-state index in [1.165, 1.54) is 5.56 Å². The summed E-state index contributed by atoms with van der Waals surface area (Å²) in [7, 11) is 0. The molecular weight excluding hydrogens is 404 g/mol. The lowest BCUT2D eigenvalue weighted by atomic mass is 9.87. The predicted molar refractivity (Wildman–Crippen MR) is 124 cm³/mol. The number of ether oxygens (including phenoxy) is 1. The molecule has 0 atom stereocenters. The minimum absolute atomic E-state index is 0.137. The maximum Gasteiger partial charge on any atom is 0.440 e. The summed E-state index contributed by atoms with van der Waals surface area (Å²) in [6.07, 6.45) is 0. The molecule has 0 aliphatic carbocycles. The molecule has 0 amide bonds. The van der Waals surface area contributed by atoms with Gasteiger partial charge in [-0.1, -0.05) is 75.4 Å². The summed E-state index contributed by atoms with van der Waals surface area (Å²) in [5.74, 6) is 0.0392. The fourth-order valence-corrected chi connectivity index (χ4v) is 3.44. The van der Waals surface area contributed by atoms with Crippen molar-refractivity contribution in [1.82, 2.24) is 9.72 Å². The van der Waals surface area contributed by atoms with E-state index in [0.717, 1.165) is 32.7 Å². The molecule has 0 fully saturated rings. The zero-order valence-corrected chi connectivity index (χ0v) is 18.4. The van der Waals surface area contributed by atoms with Gasteiger partial charge in [-0.15, -0.1) is 4.74 Å². The molecule has 32 heavy (non-hydrogen) atoms. The van der Waals surface area contributed by atoms with Gasteiger partial charge in [0.25, 0.3) is 0 Å². The van der Waals surface area contributed by atoms with Gasteiger partial charge in [0.15, 0.2) is 0 Å². The Bertz CT molecular complexity index is 1300. The van der Waals surface area contributed by atoms with E-state index in [1.54, 1.807) is 0 Å². The van der Waals surface area contributed by atoms with Gasteiger partial charge >= 0.3 is 11.4 Å². The molecule has 0 unspecified atom stereocenters. The molecule has 4 rings (SSSR count). The third-order valence-corrected chi connectivity index (χ3v) is 5.29. The lowest BCUT2D eigenvalue weighted by Gasteiger charge is -2.19. The van der Waals surface area contributed by atoms with Crippen molar-refractivity contribution >= 4 is 0 Å². The van der Waals surface area contributed by atoms with E-state index in [2.05, 4.69) is 50.0 Å². The summed E-state index contributed by atoms with van der Waals surface area (Å²) in [5.41, 5.74) is 4.88. The highest BCUT2D eigenvalue weighted by Crippen LogP contribution is 2.25. The SMILES string of the molecule is CC(C)(C)c1ccc(COc2ccc(-c3cccc(Cn4oc(=O)[nH]c4=O)c3)cc2)cc1. The van der Waals surface area contributed by atoms with Gasteiger partial charge in [-0.05, 0) is 51.4 Å². The topological polar surface area (TPSA) is 77.2 Å². The number of aromatic nitrogens is 2. The van der Waals surface area contributed by atoms with E-state index < -0.39 is 11.4 Å². The van der Waals surface area contributed by atoms with Crippen LogP contribution in [0.25, 0.3) is 11.1 Å². The van der Waals surface area contributed by atoms with Crippen LogP contribution in [0.15, 0.2) is 86.9 Å². The molecular formula is C26H26N2O4. The summed E-state index contributed by atoms with van der Waals surface area (Å²) in [6.45, 7) is 7.30. The summed E-state index contributed by atoms with van der Waals surface area (Å²) < 4.78 is 11.8. The normalized spacial score (nSPS) is 11.5. The molecule has 6 heteroatoms. The fraction of sp³-hybridized carbons (Fsp3) is 0.231. The molecule has 1 aromatic heterocycles. The Hall–Kier alpha value is -3.80. The molecule has 0 saturated carbocycles. The Labute approximate surface area is 186 Å². The molecule has 0 aliphatic rings. The van der Waals surface area contributed by atoms with Gasteiger partial charge < -0.3 is 9.26 Å². The van der Waals surface area contributed by atoms with E-state index in [9.17, 15) is 9.59 Å². The first-order valence-corrected chi connectivity index (χ1v) is 10.5. The van der Waals surface area contributed by atoms with E-state index >= 15 is 0 Å². The average Bonchev–Trinajstić information content (AvgIpc) is 3.09. The summed E-state index contributed by atoms with van der Waals surface area (Å²) >= 11 is 0. The summed E-state index contributed by atoms with van der Waals surface area (Å²) in [5, 5.41) is 0. The number of hydrogen-bond acceptors (Lipinski definition) is 4. The molecule has 0 saturated heterocycles. The summed E-state index contributed by atoms with van der Waals surface area (Å²) in [4.78, 5) is 24.9. The lowest BCUT2D eigenvalue weighted by Crippen LogP contribution is -2.17. The largest absolute Gasteiger partial charge is 0.489 e. The van der Waals surface area contributed by atoms with Gasteiger partial charge in [0.05, 0.1) is 6.54 Å². The number of benzene rings is 3. The van der Waals surface area contributed by atoms with Crippen molar-refractivity contribution in [3.63, 3.8) is 0 Å². The Morgan fingerprint density at radius 1 is 0.875 bits per heavy atom. The first-order valence-electron chi connectivity index (χ1n) is 10.5. The molecule has 0 radical (unpaired) electrons. The zero-order chi connectivity index (χ0) is 22.7. The smallest absolute Gasteiger partial charge is 0.440 e. The van der Waals surface area contributed by atoms with Crippen molar-refractivity contribution < 1.29 is 9.26 Å². The zero-order valence-electron chi connectivity index (χ0n) is 18.4. The van der Waals surface area contributed by atoms with E-state index in [4.69, 9.17) is 9.26 Å².